The zero-order valence-corrected chi connectivity index (χ0v) is 14.1. The number of hydrogen-bond acceptors (Lipinski definition) is 5. The Labute approximate surface area is 139 Å². The van der Waals surface area contributed by atoms with Crippen LogP contribution in [0, 0.1) is 11.3 Å². The van der Waals surface area contributed by atoms with Crippen molar-refractivity contribution in [1.82, 2.24) is 15.5 Å². The number of nitrogens with zero attached hydrogens (tertiary/aromatic N) is 3. The number of ether oxygens (including phenoxy) is 1. The van der Waals surface area contributed by atoms with Gasteiger partial charge in [-0.15, -0.1) is 5.10 Å². The highest BCUT2D eigenvalue weighted by atomic mass is 35.5. The second-order valence-corrected chi connectivity index (χ2v) is 7.87. The molecule has 3 aliphatic rings. The van der Waals surface area contributed by atoms with E-state index in [1.165, 1.54) is 5.57 Å². The second kappa shape index (κ2) is 4.60. The van der Waals surface area contributed by atoms with Gasteiger partial charge < -0.3 is 15.0 Å². The molecule has 2 aliphatic carbocycles. The molecule has 1 N–H and O–H groups in total. The number of carbonyl (C=O) groups is 1. The fourth-order valence-corrected chi connectivity index (χ4v) is 3.97. The van der Waals surface area contributed by atoms with E-state index in [-0.39, 0.29) is 17.6 Å². The number of carbonyl (C=O) groups excluding carboxylic acids is 1. The van der Waals surface area contributed by atoms with E-state index in [4.69, 9.17) is 16.3 Å². The topological polar surface area (TPSA) is 67.3 Å². The van der Waals surface area contributed by atoms with Gasteiger partial charge in [0.2, 0.25) is 0 Å². The van der Waals surface area contributed by atoms with Crippen molar-refractivity contribution >= 4 is 23.4 Å². The molecule has 1 saturated heterocycles. The summed E-state index contributed by atoms with van der Waals surface area (Å²) in [6, 6.07) is 1.91. The van der Waals surface area contributed by atoms with Crippen molar-refractivity contribution in [2.75, 3.05) is 18.0 Å². The van der Waals surface area contributed by atoms with Crippen LogP contribution in [0.1, 0.15) is 20.8 Å². The van der Waals surface area contributed by atoms with Gasteiger partial charge in [-0.25, -0.2) is 4.79 Å². The molecular formula is C16H19ClN4O2. The number of rotatable bonds is 2. The summed E-state index contributed by atoms with van der Waals surface area (Å²) in [5, 5.41) is 11.1. The van der Waals surface area contributed by atoms with Gasteiger partial charge in [-0.1, -0.05) is 17.7 Å². The average Bonchev–Trinajstić information content (AvgIpc) is 2.92. The summed E-state index contributed by atoms with van der Waals surface area (Å²) < 4.78 is 5.36. The van der Waals surface area contributed by atoms with Crippen molar-refractivity contribution in [3.8, 4) is 0 Å². The van der Waals surface area contributed by atoms with Crippen molar-refractivity contribution in [3.05, 3.63) is 29.1 Å². The van der Waals surface area contributed by atoms with Gasteiger partial charge in [-0.3, -0.25) is 0 Å². The smallest absolute Gasteiger partial charge is 0.408 e. The van der Waals surface area contributed by atoms with Crippen LogP contribution < -0.4 is 10.2 Å². The number of hydrogen-bond donors (Lipinski definition) is 1. The fraction of sp³-hybridized carbons (Fsp3) is 0.562. The highest BCUT2D eigenvalue weighted by Gasteiger charge is 2.70. The SMILES string of the molecule is CC(C)(C)OC(=O)N[C@@H]1C2=CC23CN(c2cnnc(Cl)c2)C[C@@H]13. The summed E-state index contributed by atoms with van der Waals surface area (Å²) in [5.74, 6) is 0.386. The standard InChI is InChI=1S/C16H19ClN4O2/c1-15(2,3)23-14(22)19-13-10-5-16(10)8-21(7-11(13)16)9-4-12(17)20-18-6-9/h4-6,11,13H,7-8H2,1-3H3,(H,19,22)/t11-,13+,16?/m0/s1. The molecular weight excluding hydrogens is 316 g/mol. The normalized spacial score (nSPS) is 30.8. The number of aromatic nitrogens is 2. The van der Waals surface area contributed by atoms with Crippen LogP contribution in [0.2, 0.25) is 5.15 Å². The Hall–Kier alpha value is -1.82. The molecule has 1 aromatic rings. The van der Waals surface area contributed by atoms with Crippen molar-refractivity contribution in [2.24, 2.45) is 11.3 Å². The summed E-state index contributed by atoms with van der Waals surface area (Å²) in [5.41, 5.74) is 1.98. The van der Waals surface area contributed by atoms with E-state index < -0.39 is 5.60 Å². The van der Waals surface area contributed by atoms with Crippen LogP contribution in [0.5, 0.6) is 0 Å². The largest absolute Gasteiger partial charge is 0.444 e. The number of nitrogens with one attached hydrogen (secondary N) is 1. The molecule has 6 nitrogen and oxygen atoms in total. The minimum absolute atomic E-state index is 0.0834. The van der Waals surface area contributed by atoms with Gasteiger partial charge in [0.15, 0.2) is 5.15 Å². The van der Waals surface area contributed by atoms with Gasteiger partial charge in [-0.05, 0) is 26.3 Å². The minimum Gasteiger partial charge on any atom is -0.444 e. The molecule has 1 aliphatic heterocycles. The maximum Gasteiger partial charge on any atom is 0.408 e. The predicted molar refractivity (Wildman–Crippen MR) is 86.4 cm³/mol. The third kappa shape index (κ3) is 2.36. The van der Waals surface area contributed by atoms with Crippen molar-refractivity contribution < 1.29 is 9.53 Å². The zero-order valence-electron chi connectivity index (χ0n) is 13.3. The third-order valence-electron chi connectivity index (χ3n) is 4.78. The van der Waals surface area contributed by atoms with Crippen molar-refractivity contribution in [3.63, 3.8) is 0 Å². The molecule has 0 aromatic carbocycles. The number of amides is 1. The van der Waals surface area contributed by atoms with Crippen molar-refractivity contribution in [2.45, 2.75) is 32.4 Å². The molecule has 0 bridgehead atoms. The van der Waals surface area contributed by atoms with Gasteiger partial charge in [-0.2, -0.15) is 5.10 Å². The maximum atomic E-state index is 12.0. The molecule has 1 saturated carbocycles. The maximum absolute atomic E-state index is 12.0. The van der Waals surface area contributed by atoms with E-state index >= 15 is 0 Å². The molecule has 1 aromatic heterocycles. The average molecular weight is 335 g/mol. The first-order valence-corrected chi connectivity index (χ1v) is 8.12. The van der Waals surface area contributed by atoms with Crippen LogP contribution in [0.3, 0.4) is 0 Å². The number of alkyl carbamates (subject to hydrolysis) is 1. The quantitative estimate of drug-likeness (QED) is 0.841. The Balaban J connectivity index is 1.43. The van der Waals surface area contributed by atoms with Crippen LogP contribution in [0.25, 0.3) is 0 Å². The van der Waals surface area contributed by atoms with E-state index in [2.05, 4.69) is 26.5 Å². The van der Waals surface area contributed by atoms with Gasteiger partial charge in [0, 0.05) is 30.5 Å². The van der Waals surface area contributed by atoms with Gasteiger partial charge >= 0.3 is 6.09 Å². The van der Waals surface area contributed by atoms with E-state index in [1.54, 1.807) is 6.20 Å². The first-order valence-electron chi connectivity index (χ1n) is 7.74. The zero-order chi connectivity index (χ0) is 16.4. The highest BCUT2D eigenvalue weighted by molar-refractivity contribution is 6.29. The highest BCUT2D eigenvalue weighted by Crippen LogP contribution is 2.67. The Morgan fingerprint density at radius 1 is 1.52 bits per heavy atom. The third-order valence-corrected chi connectivity index (χ3v) is 4.97. The molecule has 7 heteroatoms. The molecule has 1 spiro atoms. The lowest BCUT2D eigenvalue weighted by Gasteiger charge is -2.39. The summed E-state index contributed by atoms with van der Waals surface area (Å²) in [4.78, 5) is 14.3. The van der Waals surface area contributed by atoms with E-state index in [0.717, 1.165) is 18.8 Å². The molecule has 1 amide bonds. The molecule has 2 fully saturated rings. The van der Waals surface area contributed by atoms with Gasteiger partial charge in [0.05, 0.1) is 17.9 Å². The lowest BCUT2D eigenvalue weighted by molar-refractivity contribution is 0.0467. The molecule has 2 heterocycles. The molecule has 122 valence electrons. The predicted octanol–water partition coefficient (Wildman–Crippen LogP) is 2.40. The van der Waals surface area contributed by atoms with Crippen LogP contribution in [-0.4, -0.2) is 41.0 Å². The second-order valence-electron chi connectivity index (χ2n) is 7.49. The molecule has 0 radical (unpaired) electrons. The summed E-state index contributed by atoms with van der Waals surface area (Å²) in [6.45, 7) is 7.38. The lowest BCUT2D eigenvalue weighted by atomic mass is 9.69. The minimum atomic E-state index is -0.482. The Kier molecular flexibility index (Phi) is 2.95. The van der Waals surface area contributed by atoms with Crippen LogP contribution in [0.4, 0.5) is 10.5 Å². The lowest BCUT2D eigenvalue weighted by Crippen LogP contribution is -2.53. The number of halogens is 1. The van der Waals surface area contributed by atoms with Crippen LogP contribution in [0.15, 0.2) is 23.9 Å². The molecule has 3 atom stereocenters. The van der Waals surface area contributed by atoms with Crippen molar-refractivity contribution in [1.29, 1.82) is 0 Å². The van der Waals surface area contributed by atoms with E-state index in [9.17, 15) is 4.79 Å². The van der Waals surface area contributed by atoms with Gasteiger partial charge in [0.1, 0.15) is 5.60 Å². The van der Waals surface area contributed by atoms with E-state index in [1.807, 2.05) is 26.8 Å². The Morgan fingerprint density at radius 2 is 2.30 bits per heavy atom. The first kappa shape index (κ1) is 14.8. The van der Waals surface area contributed by atoms with Crippen LogP contribution >= 0.6 is 11.6 Å². The molecule has 23 heavy (non-hydrogen) atoms. The first-order chi connectivity index (χ1) is 10.8. The summed E-state index contributed by atoms with van der Waals surface area (Å²) in [7, 11) is 0. The van der Waals surface area contributed by atoms with Gasteiger partial charge in [0.25, 0.3) is 0 Å². The molecule has 4 rings (SSSR count). The Morgan fingerprint density at radius 3 is 3.00 bits per heavy atom. The number of anilines is 1. The van der Waals surface area contributed by atoms with Crippen LogP contribution in [-0.2, 0) is 4.74 Å². The molecule has 1 unspecified atom stereocenters. The Bertz CT molecular complexity index is 714. The summed E-state index contributed by atoms with van der Waals surface area (Å²) >= 11 is 5.93. The fourth-order valence-electron chi connectivity index (χ4n) is 3.81. The summed E-state index contributed by atoms with van der Waals surface area (Å²) in [6.07, 6.45) is 3.65. The monoisotopic (exact) mass is 334 g/mol. The van der Waals surface area contributed by atoms with E-state index in [0.29, 0.717) is 11.1 Å².